The lowest BCUT2D eigenvalue weighted by Crippen LogP contribution is -2.42. The lowest BCUT2D eigenvalue weighted by atomic mass is 10.0. The fraction of sp³-hybridized carbons (Fsp3) is 0.348. The van der Waals surface area contributed by atoms with E-state index in [-0.39, 0.29) is 24.3 Å². The average Bonchev–Trinajstić information content (AvgIpc) is 2.99. The first-order valence-corrected chi connectivity index (χ1v) is 9.65. The fourth-order valence-corrected chi connectivity index (χ4v) is 4.02. The van der Waals surface area contributed by atoms with Crippen LogP contribution in [-0.4, -0.2) is 55.2 Å². The van der Waals surface area contributed by atoms with Crippen molar-refractivity contribution in [3.63, 3.8) is 0 Å². The summed E-state index contributed by atoms with van der Waals surface area (Å²) in [6.07, 6.45) is 0.122. The second-order valence-corrected chi connectivity index (χ2v) is 7.40. The van der Waals surface area contributed by atoms with Crippen molar-refractivity contribution in [1.82, 2.24) is 9.47 Å². The van der Waals surface area contributed by atoms with E-state index in [0.29, 0.717) is 5.56 Å². The number of hydrogen-bond donors (Lipinski definition) is 0. The number of methoxy groups -OCH3 is 1. The van der Waals surface area contributed by atoms with Gasteiger partial charge in [-0.1, -0.05) is 18.2 Å². The van der Waals surface area contributed by atoms with Gasteiger partial charge in [0.15, 0.2) is 5.78 Å². The van der Waals surface area contributed by atoms with Crippen molar-refractivity contribution in [2.45, 2.75) is 19.6 Å². The Balaban J connectivity index is 0.00000240. The molecule has 1 aliphatic rings. The first-order chi connectivity index (χ1) is 13.6. The maximum absolute atomic E-state index is 13.3. The van der Waals surface area contributed by atoms with Crippen molar-refractivity contribution < 1.29 is 14.3 Å². The topological polar surface area (TPSA) is 43.7 Å². The first-order valence-electron chi connectivity index (χ1n) is 9.65. The third kappa shape index (κ3) is 4.17. The van der Waals surface area contributed by atoms with Crippen molar-refractivity contribution in [1.29, 1.82) is 0 Å². The van der Waals surface area contributed by atoms with Crippen molar-refractivity contribution in [3.05, 3.63) is 65.4 Å². The van der Waals surface area contributed by atoms with Gasteiger partial charge in [0.05, 0.1) is 31.9 Å². The molecule has 3 aromatic rings. The van der Waals surface area contributed by atoms with Crippen LogP contribution in [0.1, 0.15) is 21.6 Å². The van der Waals surface area contributed by atoms with Crippen LogP contribution in [0, 0.1) is 6.92 Å². The third-order valence-electron chi connectivity index (χ3n) is 5.54. The van der Waals surface area contributed by atoms with E-state index in [4.69, 9.17) is 9.47 Å². The Bertz CT molecular complexity index is 997. The molecular formula is C23H27ClN2O3. The largest absolute Gasteiger partial charge is 0.497 e. The Morgan fingerprint density at radius 1 is 1.17 bits per heavy atom. The lowest BCUT2D eigenvalue weighted by molar-refractivity contribution is -0.0271. The maximum Gasteiger partial charge on any atom is 0.195 e. The second kappa shape index (κ2) is 8.99. The molecule has 0 aliphatic carbocycles. The van der Waals surface area contributed by atoms with Gasteiger partial charge in [-0.3, -0.25) is 4.79 Å². The molecule has 0 N–H and O–H groups in total. The van der Waals surface area contributed by atoms with Crippen molar-refractivity contribution in [2.75, 3.05) is 33.9 Å². The minimum Gasteiger partial charge on any atom is -0.497 e. The van der Waals surface area contributed by atoms with Crippen LogP contribution >= 0.6 is 12.4 Å². The van der Waals surface area contributed by atoms with Crippen LogP contribution in [0.15, 0.2) is 48.5 Å². The number of rotatable bonds is 5. The van der Waals surface area contributed by atoms with Crippen LogP contribution < -0.4 is 4.74 Å². The van der Waals surface area contributed by atoms with Gasteiger partial charge in [0.2, 0.25) is 0 Å². The van der Waals surface area contributed by atoms with Gasteiger partial charge in [-0.2, -0.15) is 0 Å². The smallest absolute Gasteiger partial charge is 0.195 e. The van der Waals surface area contributed by atoms with Crippen LogP contribution in [0.25, 0.3) is 10.9 Å². The number of para-hydroxylation sites is 1. The van der Waals surface area contributed by atoms with Crippen molar-refractivity contribution >= 4 is 29.1 Å². The molecular weight excluding hydrogens is 388 g/mol. The Hall–Kier alpha value is -2.34. The summed E-state index contributed by atoms with van der Waals surface area (Å²) in [4.78, 5) is 15.6. The molecule has 0 radical (unpaired) electrons. The highest BCUT2D eigenvalue weighted by molar-refractivity contribution is 6.17. The molecule has 4 rings (SSSR count). The molecule has 1 aromatic heterocycles. The Kier molecular flexibility index (Phi) is 6.63. The molecule has 0 spiro atoms. The van der Waals surface area contributed by atoms with Crippen LogP contribution in [0.3, 0.4) is 0 Å². The molecule has 1 unspecified atom stereocenters. The van der Waals surface area contributed by atoms with Gasteiger partial charge in [0.1, 0.15) is 5.75 Å². The number of carbonyl (C=O) groups is 1. The van der Waals surface area contributed by atoms with E-state index in [0.717, 1.165) is 54.2 Å². The summed E-state index contributed by atoms with van der Waals surface area (Å²) in [5.41, 5.74) is 3.50. The summed E-state index contributed by atoms with van der Waals surface area (Å²) < 4.78 is 13.4. The highest BCUT2D eigenvalue weighted by atomic mass is 35.5. The van der Waals surface area contributed by atoms with Gasteiger partial charge < -0.3 is 18.9 Å². The molecule has 154 valence electrons. The van der Waals surface area contributed by atoms with Gasteiger partial charge in [-0.05, 0) is 44.3 Å². The molecule has 2 aromatic carbocycles. The zero-order valence-corrected chi connectivity index (χ0v) is 17.9. The normalized spacial score (nSPS) is 17.1. The molecule has 0 amide bonds. The number of aromatic nitrogens is 1. The number of morpholine rings is 1. The SMILES string of the molecule is COc1ccc(C(=O)c2c(C)n(CC3CN(C)CCO3)c3ccccc23)cc1.Cl. The predicted octanol–water partition coefficient (Wildman–Crippen LogP) is 3.94. The Morgan fingerprint density at radius 3 is 2.59 bits per heavy atom. The Labute approximate surface area is 177 Å². The van der Waals surface area contributed by atoms with Gasteiger partial charge in [0, 0.05) is 35.2 Å². The molecule has 5 nitrogen and oxygen atoms in total. The zero-order chi connectivity index (χ0) is 19.7. The van der Waals surface area contributed by atoms with Crippen LogP contribution in [0.2, 0.25) is 0 Å². The highest BCUT2D eigenvalue weighted by Crippen LogP contribution is 2.29. The van der Waals surface area contributed by atoms with E-state index in [1.54, 1.807) is 7.11 Å². The van der Waals surface area contributed by atoms with Crippen LogP contribution in [0.4, 0.5) is 0 Å². The molecule has 0 saturated carbocycles. The third-order valence-corrected chi connectivity index (χ3v) is 5.54. The lowest BCUT2D eigenvalue weighted by Gasteiger charge is -2.30. The summed E-state index contributed by atoms with van der Waals surface area (Å²) in [6.45, 7) is 5.38. The minimum atomic E-state index is 0. The molecule has 6 heteroatoms. The standard InChI is InChI=1S/C23H26N2O3.ClH/c1-16-22(23(26)17-8-10-18(27-3)11-9-17)20-6-4-5-7-21(20)25(16)15-19-14-24(2)12-13-28-19;/h4-11,19H,12-15H2,1-3H3;1H. The number of ether oxygens (including phenoxy) is 2. The summed E-state index contributed by atoms with van der Waals surface area (Å²) in [7, 11) is 3.74. The van der Waals surface area contributed by atoms with E-state index >= 15 is 0 Å². The second-order valence-electron chi connectivity index (χ2n) is 7.40. The van der Waals surface area contributed by atoms with E-state index in [1.165, 1.54) is 0 Å². The molecule has 1 atom stereocenters. The highest BCUT2D eigenvalue weighted by Gasteiger charge is 2.24. The number of carbonyl (C=O) groups excluding carboxylic acids is 1. The number of fused-ring (bicyclic) bond motifs is 1. The molecule has 1 saturated heterocycles. The maximum atomic E-state index is 13.3. The molecule has 0 bridgehead atoms. The monoisotopic (exact) mass is 414 g/mol. The number of benzene rings is 2. The van der Waals surface area contributed by atoms with E-state index in [2.05, 4.69) is 22.6 Å². The van der Waals surface area contributed by atoms with Gasteiger partial charge >= 0.3 is 0 Å². The number of nitrogens with zero attached hydrogens (tertiary/aromatic N) is 2. The minimum absolute atomic E-state index is 0. The first kappa shape index (κ1) is 21.4. The Morgan fingerprint density at radius 2 is 1.90 bits per heavy atom. The number of halogens is 1. The van der Waals surface area contributed by atoms with Gasteiger partial charge in [-0.25, -0.2) is 0 Å². The number of ketones is 1. The quantitative estimate of drug-likeness (QED) is 0.593. The van der Waals surface area contributed by atoms with Gasteiger partial charge in [-0.15, -0.1) is 12.4 Å². The van der Waals surface area contributed by atoms with Crippen molar-refractivity contribution in [3.8, 4) is 5.75 Å². The van der Waals surface area contributed by atoms with Crippen LogP contribution in [0.5, 0.6) is 5.75 Å². The van der Waals surface area contributed by atoms with E-state index < -0.39 is 0 Å². The average molecular weight is 415 g/mol. The molecule has 2 heterocycles. The predicted molar refractivity (Wildman–Crippen MR) is 118 cm³/mol. The molecule has 29 heavy (non-hydrogen) atoms. The van der Waals surface area contributed by atoms with E-state index in [9.17, 15) is 4.79 Å². The summed E-state index contributed by atoms with van der Waals surface area (Å²) in [6, 6.07) is 15.4. The van der Waals surface area contributed by atoms with Gasteiger partial charge in [0.25, 0.3) is 0 Å². The fourth-order valence-electron chi connectivity index (χ4n) is 4.02. The van der Waals surface area contributed by atoms with Crippen molar-refractivity contribution in [2.24, 2.45) is 0 Å². The summed E-state index contributed by atoms with van der Waals surface area (Å²) in [5, 5.41) is 0.991. The number of likely N-dealkylation sites (N-methyl/N-ethyl adjacent to an activating group) is 1. The number of hydrogen-bond acceptors (Lipinski definition) is 4. The summed E-state index contributed by atoms with van der Waals surface area (Å²) in [5.74, 6) is 0.783. The molecule has 1 fully saturated rings. The van der Waals surface area contributed by atoms with Crippen LogP contribution in [-0.2, 0) is 11.3 Å². The van der Waals surface area contributed by atoms with E-state index in [1.807, 2.05) is 49.4 Å². The zero-order valence-electron chi connectivity index (χ0n) is 17.1. The molecule has 1 aliphatic heterocycles. The summed E-state index contributed by atoms with van der Waals surface area (Å²) >= 11 is 0.